The Morgan fingerprint density at radius 2 is 1.86 bits per heavy atom. The molecule has 0 spiro atoms. The molecule has 0 aromatic heterocycles. The van der Waals surface area contributed by atoms with E-state index in [-0.39, 0.29) is 18.6 Å². The number of anilines is 1. The predicted molar refractivity (Wildman–Crippen MR) is 98.5 cm³/mol. The number of carbonyl (C=O) groups is 4. The molecule has 1 atom stereocenters. The molecule has 2 saturated heterocycles. The number of hydrogen-bond donors (Lipinski definition) is 0. The molecule has 0 N–H and O–H groups in total. The van der Waals surface area contributed by atoms with E-state index in [9.17, 15) is 19.2 Å². The quantitative estimate of drug-likeness (QED) is 0.410. The summed E-state index contributed by atoms with van der Waals surface area (Å²) in [6, 6.07) is 5.61. The third-order valence-electron chi connectivity index (χ3n) is 4.85. The van der Waals surface area contributed by atoms with Crippen LogP contribution >= 0.6 is 0 Å². The van der Waals surface area contributed by atoms with Gasteiger partial charge in [0.25, 0.3) is 0 Å². The summed E-state index contributed by atoms with van der Waals surface area (Å²) in [4.78, 5) is 53.1. The number of amides is 4. The van der Waals surface area contributed by atoms with E-state index in [0.717, 1.165) is 16.2 Å². The van der Waals surface area contributed by atoms with Crippen molar-refractivity contribution in [2.75, 3.05) is 38.4 Å². The minimum Gasteiger partial charge on any atom is -0.497 e. The fraction of sp³-hybridized carbons (Fsp3) is 0.474. The highest BCUT2D eigenvalue weighted by Gasteiger charge is 2.46. The van der Waals surface area contributed by atoms with Gasteiger partial charge in [0.15, 0.2) is 0 Å². The number of benzene rings is 1. The predicted octanol–water partition coefficient (Wildman–Crippen LogP) is 1.22. The van der Waals surface area contributed by atoms with E-state index in [0.29, 0.717) is 37.6 Å². The second-order valence-corrected chi connectivity index (χ2v) is 6.66. The van der Waals surface area contributed by atoms with Crippen LogP contribution in [-0.2, 0) is 19.1 Å². The summed E-state index contributed by atoms with van der Waals surface area (Å²) in [5.74, 6) is -1.77. The zero-order valence-corrected chi connectivity index (χ0v) is 15.9. The smallest absolute Gasteiger partial charge is 0.340 e. The maximum absolute atomic E-state index is 12.7. The molecule has 0 saturated carbocycles. The molecule has 1 aromatic carbocycles. The van der Waals surface area contributed by atoms with E-state index in [2.05, 4.69) is 0 Å². The molecule has 0 unspecified atom stereocenters. The summed E-state index contributed by atoms with van der Waals surface area (Å²) < 4.78 is 10.1. The summed E-state index contributed by atoms with van der Waals surface area (Å²) in [5.41, 5.74) is 0.301. The van der Waals surface area contributed by atoms with Crippen LogP contribution < -0.4 is 9.64 Å². The Hall–Kier alpha value is -2.94. The van der Waals surface area contributed by atoms with Crippen LogP contribution in [0.4, 0.5) is 10.5 Å². The molecule has 3 rings (SSSR count). The van der Waals surface area contributed by atoms with Crippen LogP contribution in [0.2, 0.25) is 0 Å². The van der Waals surface area contributed by atoms with Gasteiger partial charge in [-0.25, -0.2) is 14.6 Å². The second kappa shape index (κ2) is 8.39. The highest BCUT2D eigenvalue weighted by atomic mass is 16.5. The number of carbonyl (C=O) groups excluding carboxylic acids is 4. The van der Waals surface area contributed by atoms with E-state index >= 15 is 0 Å². The fourth-order valence-corrected chi connectivity index (χ4v) is 3.43. The lowest BCUT2D eigenvalue weighted by Crippen LogP contribution is -2.47. The molecule has 2 heterocycles. The monoisotopic (exact) mass is 389 g/mol. The Labute approximate surface area is 162 Å². The topological polar surface area (TPSA) is 96.5 Å². The minimum absolute atomic E-state index is 0.0357. The Morgan fingerprint density at radius 3 is 2.50 bits per heavy atom. The first-order valence-corrected chi connectivity index (χ1v) is 9.19. The Morgan fingerprint density at radius 1 is 1.14 bits per heavy atom. The zero-order valence-electron chi connectivity index (χ0n) is 15.9. The Balaban J connectivity index is 1.70. The van der Waals surface area contributed by atoms with Crippen molar-refractivity contribution >= 4 is 29.5 Å². The summed E-state index contributed by atoms with van der Waals surface area (Å²) in [5, 5.41) is 0. The lowest BCUT2D eigenvalue weighted by atomic mass is 9.98. The Kier molecular flexibility index (Phi) is 5.93. The molecular formula is C19H23N3O6. The van der Waals surface area contributed by atoms with Crippen LogP contribution in [0.5, 0.6) is 5.75 Å². The van der Waals surface area contributed by atoms with Crippen molar-refractivity contribution in [3.05, 3.63) is 24.3 Å². The van der Waals surface area contributed by atoms with E-state index in [1.54, 1.807) is 31.2 Å². The number of urea groups is 1. The molecule has 1 aromatic rings. The van der Waals surface area contributed by atoms with Crippen molar-refractivity contribution in [1.29, 1.82) is 0 Å². The molecule has 9 heteroatoms. The SMILES string of the molecule is CCOC(=O)[C@@H]1CCCN(CN2C(=O)C(=O)N(c3ccc(OC)cc3)C2=O)C1. The molecule has 0 radical (unpaired) electrons. The number of methoxy groups -OCH3 is 1. The number of nitrogens with zero attached hydrogens (tertiary/aromatic N) is 3. The number of likely N-dealkylation sites (tertiary alicyclic amines) is 1. The van der Waals surface area contributed by atoms with Crippen molar-refractivity contribution < 1.29 is 28.7 Å². The van der Waals surface area contributed by atoms with Gasteiger partial charge in [-0.1, -0.05) is 0 Å². The maximum Gasteiger partial charge on any atom is 0.340 e. The molecule has 2 aliphatic rings. The van der Waals surface area contributed by atoms with Crippen molar-refractivity contribution in [3.63, 3.8) is 0 Å². The number of imide groups is 2. The molecule has 9 nitrogen and oxygen atoms in total. The summed E-state index contributed by atoms with van der Waals surface area (Å²) in [6.07, 6.45) is 1.45. The maximum atomic E-state index is 12.7. The molecule has 150 valence electrons. The van der Waals surface area contributed by atoms with E-state index < -0.39 is 17.8 Å². The third-order valence-corrected chi connectivity index (χ3v) is 4.85. The van der Waals surface area contributed by atoms with Crippen LogP contribution in [0.25, 0.3) is 0 Å². The second-order valence-electron chi connectivity index (χ2n) is 6.66. The van der Waals surface area contributed by atoms with Crippen LogP contribution in [0.3, 0.4) is 0 Å². The number of hydrogen-bond acceptors (Lipinski definition) is 7. The number of ether oxygens (including phenoxy) is 2. The molecule has 28 heavy (non-hydrogen) atoms. The van der Waals surface area contributed by atoms with Gasteiger partial charge in [-0.05, 0) is 50.6 Å². The first-order valence-electron chi connectivity index (χ1n) is 9.19. The highest BCUT2D eigenvalue weighted by Crippen LogP contribution is 2.26. The summed E-state index contributed by atoms with van der Waals surface area (Å²) in [7, 11) is 1.51. The van der Waals surface area contributed by atoms with E-state index in [4.69, 9.17) is 9.47 Å². The minimum atomic E-state index is -0.894. The van der Waals surface area contributed by atoms with Gasteiger partial charge >= 0.3 is 23.8 Å². The van der Waals surface area contributed by atoms with Crippen LogP contribution in [0.15, 0.2) is 24.3 Å². The Bertz CT molecular complexity index is 778. The number of esters is 1. The average Bonchev–Trinajstić information content (AvgIpc) is 2.92. The molecule has 2 aliphatic heterocycles. The number of piperidine rings is 1. The van der Waals surface area contributed by atoms with Gasteiger partial charge in [-0.15, -0.1) is 0 Å². The molecule has 4 amide bonds. The van der Waals surface area contributed by atoms with Crippen molar-refractivity contribution in [2.45, 2.75) is 19.8 Å². The normalized spacial score (nSPS) is 20.6. The summed E-state index contributed by atoms with van der Waals surface area (Å²) in [6.45, 7) is 3.03. The van der Waals surface area contributed by atoms with Crippen molar-refractivity contribution in [2.24, 2.45) is 5.92 Å². The molecule has 0 aliphatic carbocycles. The van der Waals surface area contributed by atoms with Crippen LogP contribution in [-0.4, -0.2) is 67.1 Å². The molecule has 2 fully saturated rings. The molecule has 0 bridgehead atoms. The third kappa shape index (κ3) is 3.84. The van der Waals surface area contributed by atoms with Gasteiger partial charge in [-0.2, -0.15) is 0 Å². The summed E-state index contributed by atoms with van der Waals surface area (Å²) >= 11 is 0. The standard InChI is InChI=1S/C19H23N3O6/c1-3-28-18(25)13-5-4-10-20(11-13)12-21-16(23)17(24)22(19(21)26)14-6-8-15(27-2)9-7-14/h6-9,13H,3-5,10-12H2,1-2H3/t13-/m1/s1. The van der Waals surface area contributed by atoms with Crippen LogP contribution in [0.1, 0.15) is 19.8 Å². The number of rotatable bonds is 6. The lowest BCUT2D eigenvalue weighted by molar-refractivity contribution is -0.150. The van der Waals surface area contributed by atoms with Gasteiger partial charge in [0.2, 0.25) is 0 Å². The van der Waals surface area contributed by atoms with Crippen LogP contribution in [0, 0.1) is 5.92 Å². The van der Waals surface area contributed by atoms with Gasteiger partial charge < -0.3 is 9.47 Å². The van der Waals surface area contributed by atoms with Crippen molar-refractivity contribution in [3.8, 4) is 5.75 Å². The van der Waals surface area contributed by atoms with Gasteiger partial charge in [0, 0.05) is 6.54 Å². The first-order chi connectivity index (χ1) is 13.5. The van der Waals surface area contributed by atoms with E-state index in [1.165, 1.54) is 7.11 Å². The lowest BCUT2D eigenvalue weighted by Gasteiger charge is -2.33. The van der Waals surface area contributed by atoms with Gasteiger partial charge in [-0.3, -0.25) is 19.3 Å². The average molecular weight is 389 g/mol. The van der Waals surface area contributed by atoms with Crippen molar-refractivity contribution in [1.82, 2.24) is 9.80 Å². The zero-order chi connectivity index (χ0) is 20.3. The fourth-order valence-electron chi connectivity index (χ4n) is 3.43. The van der Waals surface area contributed by atoms with Gasteiger partial charge in [0.05, 0.1) is 32.0 Å². The first kappa shape index (κ1) is 19.8. The van der Waals surface area contributed by atoms with Gasteiger partial charge in [0.1, 0.15) is 5.75 Å². The highest BCUT2D eigenvalue weighted by molar-refractivity contribution is 6.52. The largest absolute Gasteiger partial charge is 0.497 e. The van der Waals surface area contributed by atoms with E-state index in [1.807, 2.05) is 4.90 Å². The molecular weight excluding hydrogens is 366 g/mol.